The monoisotopic (exact) mass is 207 g/mol. The van der Waals surface area contributed by atoms with Crippen LogP contribution in [-0.4, -0.2) is 12.2 Å². The SMILES string of the molecule is N#CN=CNC(=O)c1ccc(Cl)cc1. The normalized spacial score (nSPS) is 9.71. The van der Waals surface area contributed by atoms with Gasteiger partial charge in [0.05, 0.1) is 0 Å². The van der Waals surface area contributed by atoms with E-state index in [4.69, 9.17) is 16.9 Å². The standard InChI is InChI=1S/C9H6ClN3O/c10-8-3-1-7(2-4-8)9(14)13-6-12-5-11/h1-4,6H,(H,12,13,14). The highest BCUT2D eigenvalue weighted by Gasteiger charge is 2.01. The minimum absolute atomic E-state index is 0.333. The van der Waals surface area contributed by atoms with Gasteiger partial charge in [0.2, 0.25) is 6.19 Å². The Balaban J connectivity index is 2.67. The average molecular weight is 208 g/mol. The third-order valence-electron chi connectivity index (χ3n) is 1.42. The van der Waals surface area contributed by atoms with Crippen LogP contribution in [-0.2, 0) is 0 Å². The molecule has 0 saturated heterocycles. The third kappa shape index (κ3) is 2.88. The van der Waals surface area contributed by atoms with Crippen LogP contribution in [0.4, 0.5) is 0 Å². The highest BCUT2D eigenvalue weighted by Crippen LogP contribution is 2.08. The number of halogens is 1. The summed E-state index contributed by atoms with van der Waals surface area (Å²) in [6, 6.07) is 6.38. The van der Waals surface area contributed by atoms with Crippen LogP contribution in [0.1, 0.15) is 10.4 Å². The van der Waals surface area contributed by atoms with Crippen LogP contribution in [0.5, 0.6) is 0 Å². The molecule has 0 fully saturated rings. The predicted octanol–water partition coefficient (Wildman–Crippen LogP) is 1.58. The van der Waals surface area contributed by atoms with Gasteiger partial charge in [0.25, 0.3) is 5.91 Å². The molecule has 0 aliphatic rings. The third-order valence-corrected chi connectivity index (χ3v) is 1.68. The molecular weight excluding hydrogens is 202 g/mol. The van der Waals surface area contributed by atoms with Crippen LogP contribution >= 0.6 is 11.6 Å². The Morgan fingerprint density at radius 1 is 1.50 bits per heavy atom. The van der Waals surface area contributed by atoms with E-state index in [1.807, 2.05) is 0 Å². The van der Waals surface area contributed by atoms with Gasteiger partial charge >= 0.3 is 0 Å². The molecule has 14 heavy (non-hydrogen) atoms. The molecular formula is C9H6ClN3O. The van der Waals surface area contributed by atoms with E-state index < -0.39 is 0 Å². The van der Waals surface area contributed by atoms with Crippen molar-refractivity contribution in [2.45, 2.75) is 0 Å². The Kier molecular flexibility index (Phi) is 3.65. The molecule has 0 unspecified atom stereocenters. The summed E-state index contributed by atoms with van der Waals surface area (Å²) in [7, 11) is 0. The summed E-state index contributed by atoms with van der Waals surface area (Å²) in [4.78, 5) is 14.5. The first kappa shape index (κ1) is 10.2. The maximum atomic E-state index is 11.3. The van der Waals surface area contributed by atoms with Gasteiger partial charge in [0, 0.05) is 10.6 Å². The highest BCUT2D eigenvalue weighted by atomic mass is 35.5. The lowest BCUT2D eigenvalue weighted by atomic mass is 10.2. The molecule has 0 spiro atoms. The molecule has 5 heteroatoms. The quantitative estimate of drug-likeness (QED) is 0.455. The van der Waals surface area contributed by atoms with Crippen molar-refractivity contribution in [1.29, 1.82) is 5.26 Å². The first-order chi connectivity index (χ1) is 6.74. The number of carbonyl (C=O) groups is 1. The summed E-state index contributed by atoms with van der Waals surface area (Å²) in [6.45, 7) is 0. The van der Waals surface area contributed by atoms with Crippen molar-refractivity contribution in [2.24, 2.45) is 4.99 Å². The summed E-state index contributed by atoms with van der Waals surface area (Å²) in [5, 5.41) is 11.0. The molecule has 0 aromatic heterocycles. The van der Waals surface area contributed by atoms with Crippen molar-refractivity contribution in [1.82, 2.24) is 5.32 Å². The van der Waals surface area contributed by atoms with Crippen LogP contribution in [0.25, 0.3) is 0 Å². The highest BCUT2D eigenvalue weighted by molar-refractivity contribution is 6.30. The summed E-state index contributed by atoms with van der Waals surface area (Å²) in [5.74, 6) is -0.333. The van der Waals surface area contributed by atoms with Crippen LogP contribution in [0.2, 0.25) is 5.02 Å². The number of nitrogens with one attached hydrogen (secondary N) is 1. The average Bonchev–Trinajstić information content (AvgIpc) is 2.19. The van der Waals surface area contributed by atoms with Gasteiger partial charge in [-0.15, -0.1) is 0 Å². The van der Waals surface area contributed by atoms with Crippen molar-refractivity contribution in [3.05, 3.63) is 34.9 Å². The van der Waals surface area contributed by atoms with E-state index in [2.05, 4.69) is 10.3 Å². The summed E-state index contributed by atoms with van der Waals surface area (Å²) in [5.41, 5.74) is 0.457. The second-order valence-corrected chi connectivity index (χ2v) is 2.77. The Morgan fingerprint density at radius 2 is 2.14 bits per heavy atom. The largest absolute Gasteiger partial charge is 0.312 e. The maximum absolute atomic E-state index is 11.3. The fraction of sp³-hybridized carbons (Fsp3) is 0. The zero-order valence-corrected chi connectivity index (χ0v) is 7.82. The van der Waals surface area contributed by atoms with Crippen LogP contribution in [0, 0.1) is 11.5 Å². The number of carbonyl (C=O) groups excluding carboxylic acids is 1. The van der Waals surface area contributed by atoms with Gasteiger partial charge in [0.1, 0.15) is 6.34 Å². The molecule has 0 atom stereocenters. The lowest BCUT2D eigenvalue weighted by Crippen LogP contribution is -2.21. The molecule has 0 radical (unpaired) electrons. The lowest BCUT2D eigenvalue weighted by molar-refractivity contribution is 0.0978. The van der Waals surface area contributed by atoms with Gasteiger partial charge in [-0.2, -0.15) is 10.3 Å². The summed E-state index contributed by atoms with van der Waals surface area (Å²) >= 11 is 5.64. The minimum atomic E-state index is -0.333. The molecule has 0 saturated carbocycles. The molecule has 70 valence electrons. The van der Waals surface area contributed by atoms with Gasteiger partial charge in [-0.3, -0.25) is 4.79 Å². The second kappa shape index (κ2) is 5.00. The Labute approximate surface area is 85.8 Å². The Bertz CT molecular complexity index is 392. The molecule has 0 bridgehead atoms. The topological polar surface area (TPSA) is 65.2 Å². The van der Waals surface area contributed by atoms with Crippen molar-refractivity contribution in [2.75, 3.05) is 0 Å². The van der Waals surface area contributed by atoms with E-state index >= 15 is 0 Å². The molecule has 1 aromatic carbocycles. The number of aliphatic imine (C=N–C) groups is 1. The van der Waals surface area contributed by atoms with E-state index in [1.165, 1.54) is 6.19 Å². The lowest BCUT2D eigenvalue weighted by Gasteiger charge is -1.98. The zero-order chi connectivity index (χ0) is 10.4. The molecule has 1 rings (SSSR count). The molecule has 0 aliphatic heterocycles. The van der Waals surface area contributed by atoms with E-state index in [0.717, 1.165) is 6.34 Å². The zero-order valence-electron chi connectivity index (χ0n) is 7.07. The number of benzene rings is 1. The first-order valence-electron chi connectivity index (χ1n) is 3.71. The van der Waals surface area contributed by atoms with Crippen LogP contribution in [0.3, 0.4) is 0 Å². The number of nitriles is 1. The van der Waals surface area contributed by atoms with E-state index in [1.54, 1.807) is 24.3 Å². The number of hydrogen-bond acceptors (Lipinski definition) is 3. The smallest absolute Gasteiger partial charge is 0.256 e. The van der Waals surface area contributed by atoms with Crippen molar-refractivity contribution >= 4 is 23.8 Å². The summed E-state index contributed by atoms with van der Waals surface area (Å²) in [6.07, 6.45) is 2.56. The van der Waals surface area contributed by atoms with Crippen LogP contribution < -0.4 is 5.32 Å². The van der Waals surface area contributed by atoms with Gasteiger partial charge in [-0.25, -0.2) is 0 Å². The first-order valence-corrected chi connectivity index (χ1v) is 4.09. The number of rotatable bonds is 2. The Hall–Kier alpha value is -1.86. The molecule has 4 nitrogen and oxygen atoms in total. The van der Waals surface area contributed by atoms with Gasteiger partial charge < -0.3 is 5.32 Å². The van der Waals surface area contributed by atoms with Gasteiger partial charge in [0.15, 0.2) is 0 Å². The van der Waals surface area contributed by atoms with E-state index in [-0.39, 0.29) is 5.91 Å². The predicted molar refractivity (Wildman–Crippen MR) is 53.0 cm³/mol. The van der Waals surface area contributed by atoms with E-state index in [0.29, 0.717) is 10.6 Å². The second-order valence-electron chi connectivity index (χ2n) is 2.34. The molecule has 0 heterocycles. The molecule has 0 aliphatic carbocycles. The fourth-order valence-electron chi connectivity index (χ4n) is 0.804. The molecule has 1 aromatic rings. The number of nitrogens with zero attached hydrogens (tertiary/aromatic N) is 2. The number of amides is 1. The number of hydrogen-bond donors (Lipinski definition) is 1. The van der Waals surface area contributed by atoms with Crippen LogP contribution in [0.15, 0.2) is 29.3 Å². The molecule has 1 amide bonds. The summed E-state index contributed by atoms with van der Waals surface area (Å²) < 4.78 is 0. The molecule has 1 N–H and O–H groups in total. The minimum Gasteiger partial charge on any atom is -0.312 e. The van der Waals surface area contributed by atoms with Crippen molar-refractivity contribution < 1.29 is 4.79 Å². The van der Waals surface area contributed by atoms with Crippen molar-refractivity contribution in [3.63, 3.8) is 0 Å². The van der Waals surface area contributed by atoms with Gasteiger partial charge in [-0.05, 0) is 24.3 Å². The van der Waals surface area contributed by atoms with Gasteiger partial charge in [-0.1, -0.05) is 11.6 Å². The van der Waals surface area contributed by atoms with Crippen molar-refractivity contribution in [3.8, 4) is 6.19 Å². The van der Waals surface area contributed by atoms with E-state index in [9.17, 15) is 4.79 Å². The fourth-order valence-corrected chi connectivity index (χ4v) is 0.930. The Morgan fingerprint density at radius 3 is 2.71 bits per heavy atom. The maximum Gasteiger partial charge on any atom is 0.256 e.